The van der Waals surface area contributed by atoms with E-state index in [1.54, 1.807) is 39.0 Å². The number of carbonyl (C=O) groups is 3. The van der Waals surface area contributed by atoms with E-state index in [1.165, 1.54) is 6.07 Å². The van der Waals surface area contributed by atoms with Crippen LogP contribution in [-0.2, 0) is 11.3 Å². The number of esters is 1. The van der Waals surface area contributed by atoms with Gasteiger partial charge < -0.3 is 24.9 Å². The molecule has 2 heterocycles. The summed E-state index contributed by atoms with van der Waals surface area (Å²) < 4.78 is 17.4. The lowest BCUT2D eigenvalue weighted by Gasteiger charge is -2.10. The number of furan rings is 1. The highest BCUT2D eigenvalue weighted by Gasteiger charge is 2.27. The second-order valence-electron chi connectivity index (χ2n) is 7.04. The second-order valence-corrected chi connectivity index (χ2v) is 8.98. The number of amides is 2. The van der Waals surface area contributed by atoms with Crippen LogP contribution in [0.4, 0.5) is 5.00 Å². The van der Waals surface area contributed by atoms with Gasteiger partial charge in [0.05, 0.1) is 16.5 Å². The van der Waals surface area contributed by atoms with Crippen molar-refractivity contribution in [2.24, 2.45) is 5.73 Å². The van der Waals surface area contributed by atoms with Gasteiger partial charge in [-0.15, -0.1) is 11.3 Å². The molecule has 0 radical (unpaired) electrons. The molecule has 2 aromatic heterocycles. The van der Waals surface area contributed by atoms with E-state index in [0.29, 0.717) is 17.1 Å². The molecule has 0 fully saturated rings. The molecule has 0 aliphatic rings. The van der Waals surface area contributed by atoms with Gasteiger partial charge in [0.15, 0.2) is 5.76 Å². The molecule has 2 amide bonds. The number of halogens is 1. The lowest BCUT2D eigenvalue weighted by Crippen LogP contribution is -2.17. The molecule has 3 aromatic rings. The largest absolute Gasteiger partial charge is 0.486 e. The van der Waals surface area contributed by atoms with Crippen molar-refractivity contribution in [3.8, 4) is 5.75 Å². The van der Waals surface area contributed by atoms with Crippen LogP contribution in [0, 0.1) is 6.92 Å². The number of rotatable bonds is 8. The zero-order valence-electron chi connectivity index (χ0n) is 17.6. The summed E-state index contributed by atoms with van der Waals surface area (Å²) in [6.45, 7) is 5.11. The van der Waals surface area contributed by atoms with Crippen molar-refractivity contribution in [3.63, 3.8) is 0 Å². The number of nitrogens with one attached hydrogen (secondary N) is 1. The Balaban J connectivity index is 1.75. The van der Waals surface area contributed by atoms with Gasteiger partial charge in [0, 0.05) is 4.47 Å². The summed E-state index contributed by atoms with van der Waals surface area (Å²) in [5.41, 5.74) is 5.85. The highest BCUT2D eigenvalue weighted by Crippen LogP contribution is 2.34. The molecule has 1 aromatic carbocycles. The van der Waals surface area contributed by atoms with Crippen molar-refractivity contribution < 1.29 is 28.3 Å². The fourth-order valence-corrected chi connectivity index (χ4v) is 4.09. The Labute approximate surface area is 196 Å². The predicted octanol–water partition coefficient (Wildman–Crippen LogP) is 4.91. The Bertz CT molecular complexity index is 1150. The third-order valence-corrected chi connectivity index (χ3v) is 5.98. The first-order valence-corrected chi connectivity index (χ1v) is 11.2. The lowest BCUT2D eigenvalue weighted by atomic mass is 10.1. The first-order chi connectivity index (χ1) is 15.2. The molecule has 0 atom stereocenters. The topological polar surface area (TPSA) is 121 Å². The zero-order valence-corrected chi connectivity index (χ0v) is 20.0. The summed E-state index contributed by atoms with van der Waals surface area (Å²) in [5.74, 6) is -0.823. The van der Waals surface area contributed by atoms with Crippen LogP contribution in [0.2, 0.25) is 0 Å². The summed E-state index contributed by atoms with van der Waals surface area (Å²) in [4.78, 5) is 37.1. The number of ether oxygens (including phenoxy) is 2. The number of thiophene rings is 1. The smallest absolute Gasteiger partial charge is 0.341 e. The lowest BCUT2D eigenvalue weighted by molar-refractivity contribution is 0.0379. The van der Waals surface area contributed by atoms with E-state index in [4.69, 9.17) is 19.6 Å². The molecule has 3 N–H and O–H groups in total. The van der Waals surface area contributed by atoms with Gasteiger partial charge in [-0.1, -0.05) is 15.9 Å². The minimum absolute atomic E-state index is 0.0225. The van der Waals surface area contributed by atoms with Gasteiger partial charge in [0.25, 0.3) is 11.8 Å². The number of benzene rings is 1. The van der Waals surface area contributed by atoms with Crippen LogP contribution < -0.4 is 15.8 Å². The van der Waals surface area contributed by atoms with Crippen LogP contribution in [0.5, 0.6) is 5.75 Å². The van der Waals surface area contributed by atoms with E-state index in [1.807, 2.05) is 12.1 Å². The van der Waals surface area contributed by atoms with Crippen LogP contribution in [0.3, 0.4) is 0 Å². The first-order valence-electron chi connectivity index (χ1n) is 9.58. The second kappa shape index (κ2) is 10.0. The summed E-state index contributed by atoms with van der Waals surface area (Å²) in [5, 5.41) is 2.78. The Morgan fingerprint density at radius 3 is 2.47 bits per heavy atom. The van der Waals surface area contributed by atoms with Crippen LogP contribution in [0.15, 0.2) is 45.3 Å². The first kappa shape index (κ1) is 23.6. The molecule has 0 saturated carbocycles. The van der Waals surface area contributed by atoms with Gasteiger partial charge in [-0.3, -0.25) is 9.59 Å². The maximum absolute atomic E-state index is 12.7. The molecule has 0 saturated heterocycles. The molecule has 0 bridgehead atoms. The van der Waals surface area contributed by atoms with E-state index in [2.05, 4.69) is 21.2 Å². The minimum atomic E-state index is -0.697. The fraction of sp³-hybridized carbons (Fsp3) is 0.227. The molecule has 0 aliphatic carbocycles. The van der Waals surface area contributed by atoms with E-state index in [0.717, 1.165) is 15.8 Å². The van der Waals surface area contributed by atoms with Crippen molar-refractivity contribution in [1.82, 2.24) is 0 Å². The third-order valence-electron chi connectivity index (χ3n) is 4.22. The number of carbonyl (C=O) groups excluding carboxylic acids is 3. The van der Waals surface area contributed by atoms with Crippen LogP contribution in [0.1, 0.15) is 55.8 Å². The predicted molar refractivity (Wildman–Crippen MR) is 123 cm³/mol. The SMILES string of the molecule is Cc1c(C(N)=O)sc(NC(=O)c2ccc(COc3ccc(Br)cc3)o2)c1C(=O)OC(C)C. The summed E-state index contributed by atoms with van der Waals surface area (Å²) in [7, 11) is 0. The number of anilines is 1. The summed E-state index contributed by atoms with van der Waals surface area (Å²) >= 11 is 4.27. The standard InChI is InChI=1S/C22H21BrN2O6S/c1-11(2)30-22(28)17-12(3)18(19(24)26)32-21(17)25-20(27)16-9-8-15(31-16)10-29-14-6-4-13(23)5-7-14/h4-9,11H,10H2,1-3H3,(H2,24,26)(H,25,27). The minimum Gasteiger partial charge on any atom is -0.486 e. The van der Waals surface area contributed by atoms with Gasteiger partial charge in [-0.2, -0.15) is 0 Å². The average Bonchev–Trinajstić information content (AvgIpc) is 3.31. The van der Waals surface area contributed by atoms with Crippen LogP contribution in [-0.4, -0.2) is 23.9 Å². The van der Waals surface area contributed by atoms with E-state index >= 15 is 0 Å². The highest BCUT2D eigenvalue weighted by atomic mass is 79.9. The van der Waals surface area contributed by atoms with Gasteiger partial charge in [0.2, 0.25) is 0 Å². The van der Waals surface area contributed by atoms with Crippen LogP contribution >= 0.6 is 27.3 Å². The fourth-order valence-electron chi connectivity index (χ4n) is 2.78. The maximum Gasteiger partial charge on any atom is 0.341 e. The molecule has 32 heavy (non-hydrogen) atoms. The van der Waals surface area contributed by atoms with E-state index in [-0.39, 0.29) is 33.9 Å². The normalized spacial score (nSPS) is 10.8. The Kier molecular flexibility index (Phi) is 7.37. The maximum atomic E-state index is 12.7. The van der Waals surface area contributed by atoms with Gasteiger partial charge >= 0.3 is 5.97 Å². The molecule has 10 heteroatoms. The van der Waals surface area contributed by atoms with Gasteiger partial charge in [-0.05, 0) is 62.7 Å². The number of nitrogens with two attached hydrogens (primary N) is 1. The molecule has 0 unspecified atom stereocenters. The van der Waals surface area contributed by atoms with Crippen molar-refractivity contribution in [2.75, 3.05) is 5.32 Å². The Hall–Kier alpha value is -3.11. The van der Waals surface area contributed by atoms with Crippen molar-refractivity contribution in [3.05, 3.63) is 68.4 Å². The monoisotopic (exact) mass is 520 g/mol. The molecular formula is C22H21BrN2O6S. The average molecular weight is 521 g/mol. The zero-order chi connectivity index (χ0) is 23.4. The van der Waals surface area contributed by atoms with Gasteiger partial charge in [-0.25, -0.2) is 4.79 Å². The Morgan fingerprint density at radius 2 is 1.84 bits per heavy atom. The molecular weight excluding hydrogens is 500 g/mol. The third kappa shape index (κ3) is 5.57. The van der Waals surface area contributed by atoms with Crippen molar-refractivity contribution in [1.29, 1.82) is 0 Å². The number of hydrogen-bond donors (Lipinski definition) is 2. The number of hydrogen-bond acceptors (Lipinski definition) is 7. The number of primary amides is 1. The molecule has 8 nitrogen and oxygen atoms in total. The summed E-state index contributed by atoms with van der Waals surface area (Å²) in [6, 6.07) is 10.4. The Morgan fingerprint density at radius 1 is 1.16 bits per heavy atom. The van der Waals surface area contributed by atoms with Crippen molar-refractivity contribution >= 4 is 50.1 Å². The van der Waals surface area contributed by atoms with Crippen molar-refractivity contribution in [2.45, 2.75) is 33.5 Å². The molecule has 3 rings (SSSR count). The molecule has 168 valence electrons. The van der Waals surface area contributed by atoms with Gasteiger partial charge in [0.1, 0.15) is 23.1 Å². The molecule has 0 spiro atoms. The van der Waals surface area contributed by atoms with E-state index in [9.17, 15) is 14.4 Å². The van der Waals surface area contributed by atoms with E-state index < -0.39 is 17.8 Å². The molecule has 0 aliphatic heterocycles. The summed E-state index contributed by atoms with van der Waals surface area (Å²) in [6.07, 6.45) is -0.374. The van der Waals surface area contributed by atoms with Crippen LogP contribution in [0.25, 0.3) is 0 Å². The quantitative estimate of drug-likeness (QED) is 0.407. The highest BCUT2D eigenvalue weighted by molar-refractivity contribution is 9.10.